The van der Waals surface area contributed by atoms with Gasteiger partial charge in [-0.25, -0.2) is 0 Å². The summed E-state index contributed by atoms with van der Waals surface area (Å²) in [5.41, 5.74) is 7.20. The zero-order valence-electron chi connectivity index (χ0n) is 26.8. The number of aryl methyl sites for hydroxylation is 2. The van der Waals surface area contributed by atoms with Gasteiger partial charge in [-0.15, -0.1) is 0 Å². The first-order valence-corrected chi connectivity index (χ1v) is 17.0. The molecule has 2 atom stereocenters. The van der Waals surface area contributed by atoms with E-state index in [9.17, 15) is 4.79 Å². The van der Waals surface area contributed by atoms with Crippen molar-refractivity contribution in [1.29, 1.82) is 0 Å². The third-order valence-electron chi connectivity index (χ3n) is 9.34. The molecule has 4 aromatic rings. The van der Waals surface area contributed by atoms with E-state index in [0.29, 0.717) is 41.6 Å². The van der Waals surface area contributed by atoms with Gasteiger partial charge in [0.1, 0.15) is 19.0 Å². The van der Waals surface area contributed by atoms with Gasteiger partial charge in [-0.3, -0.25) is 9.69 Å². The van der Waals surface area contributed by atoms with Gasteiger partial charge in [-0.2, -0.15) is 0 Å². The van der Waals surface area contributed by atoms with Crippen molar-refractivity contribution in [2.75, 3.05) is 26.3 Å². The molecule has 5 nitrogen and oxygen atoms in total. The minimum absolute atomic E-state index is 0.0965. The van der Waals surface area contributed by atoms with Crippen LogP contribution in [-0.4, -0.2) is 48.1 Å². The van der Waals surface area contributed by atoms with Gasteiger partial charge in [0, 0.05) is 38.1 Å². The Balaban J connectivity index is 1.16. The number of rotatable bonds is 12. The molecule has 1 aliphatic heterocycles. The zero-order chi connectivity index (χ0) is 32.2. The molecule has 2 aliphatic rings. The topological polar surface area (TPSA) is 42.0 Å². The monoisotopic (exact) mass is 656 g/mol. The highest BCUT2D eigenvalue weighted by Gasteiger charge is 2.43. The Morgan fingerprint density at radius 3 is 2.24 bits per heavy atom. The second kappa shape index (κ2) is 14.5. The molecule has 1 amide bonds. The van der Waals surface area contributed by atoms with E-state index in [1.165, 1.54) is 27.8 Å². The summed E-state index contributed by atoms with van der Waals surface area (Å²) in [4.78, 5) is 19.1. The molecular weight excluding hydrogens is 615 g/mol. The Morgan fingerprint density at radius 1 is 0.848 bits per heavy atom. The highest BCUT2D eigenvalue weighted by Crippen LogP contribution is 2.39. The highest BCUT2D eigenvalue weighted by atomic mass is 35.5. The van der Waals surface area contributed by atoms with Crippen LogP contribution in [0.3, 0.4) is 0 Å². The van der Waals surface area contributed by atoms with Crippen molar-refractivity contribution in [1.82, 2.24) is 9.80 Å². The fraction of sp³-hybridized carbons (Fsp3) is 0.359. The number of likely N-dealkylation sites (tertiary alicyclic amines) is 1. The smallest absolute Gasteiger partial charge is 0.228 e. The minimum atomic E-state index is -0.112. The molecule has 7 heteroatoms. The Hall–Kier alpha value is -3.51. The predicted octanol–water partition coefficient (Wildman–Crippen LogP) is 8.78. The molecule has 0 radical (unpaired) electrons. The summed E-state index contributed by atoms with van der Waals surface area (Å²) in [6, 6.07) is 29.2. The second-order valence-electron chi connectivity index (χ2n) is 12.8. The third-order valence-corrected chi connectivity index (χ3v) is 9.90. The number of hydrogen-bond acceptors (Lipinski definition) is 4. The highest BCUT2D eigenvalue weighted by molar-refractivity contribution is 6.37. The van der Waals surface area contributed by atoms with Crippen LogP contribution in [0.15, 0.2) is 84.9 Å². The summed E-state index contributed by atoms with van der Waals surface area (Å²) in [5.74, 6) is 1.49. The van der Waals surface area contributed by atoms with Crippen molar-refractivity contribution in [3.8, 4) is 11.5 Å². The normalized spacial score (nSPS) is 18.0. The van der Waals surface area contributed by atoms with Crippen molar-refractivity contribution in [2.45, 2.75) is 58.7 Å². The maximum absolute atomic E-state index is 14.5. The lowest BCUT2D eigenvalue weighted by atomic mass is 9.87. The van der Waals surface area contributed by atoms with Crippen LogP contribution < -0.4 is 9.47 Å². The molecule has 0 spiro atoms. The van der Waals surface area contributed by atoms with Gasteiger partial charge in [0.15, 0.2) is 5.75 Å². The summed E-state index contributed by atoms with van der Waals surface area (Å²) in [6.45, 7) is 10.0. The summed E-state index contributed by atoms with van der Waals surface area (Å²) in [7, 11) is 0. The Morgan fingerprint density at radius 2 is 1.54 bits per heavy atom. The second-order valence-corrected chi connectivity index (χ2v) is 13.6. The van der Waals surface area contributed by atoms with Crippen LogP contribution in [0, 0.1) is 26.7 Å². The summed E-state index contributed by atoms with van der Waals surface area (Å²) < 4.78 is 11.8. The van der Waals surface area contributed by atoms with E-state index in [0.717, 1.165) is 43.8 Å². The van der Waals surface area contributed by atoms with E-state index in [1.807, 2.05) is 37.3 Å². The molecule has 1 saturated heterocycles. The first kappa shape index (κ1) is 32.4. The molecule has 240 valence electrons. The Kier molecular flexibility index (Phi) is 10.2. The maximum Gasteiger partial charge on any atom is 0.228 e. The van der Waals surface area contributed by atoms with E-state index in [-0.39, 0.29) is 17.7 Å². The van der Waals surface area contributed by atoms with Crippen LogP contribution in [0.25, 0.3) is 0 Å². The SMILES string of the molecule is Cc1cc(Cl)c(OCCOc2ccc(C3CN(Cc4ccccc4)CC3C(=O)N(Cc3cccc(C)c3C)C3CC3)cc2)c(Cl)c1. The quantitative estimate of drug-likeness (QED) is 0.143. The Labute approximate surface area is 283 Å². The first-order valence-electron chi connectivity index (χ1n) is 16.2. The van der Waals surface area contributed by atoms with Crippen LogP contribution in [0.5, 0.6) is 11.5 Å². The van der Waals surface area contributed by atoms with E-state index in [1.54, 1.807) is 0 Å². The molecule has 4 aromatic carbocycles. The van der Waals surface area contributed by atoms with E-state index in [4.69, 9.17) is 32.7 Å². The lowest BCUT2D eigenvalue weighted by molar-refractivity contribution is -0.136. The van der Waals surface area contributed by atoms with Crippen molar-refractivity contribution in [2.24, 2.45) is 5.92 Å². The lowest BCUT2D eigenvalue weighted by Crippen LogP contribution is -2.40. The van der Waals surface area contributed by atoms with E-state index in [2.05, 4.69) is 78.2 Å². The molecule has 1 heterocycles. The number of nitrogens with zero attached hydrogens (tertiary/aromatic N) is 2. The number of carbonyl (C=O) groups excluding carboxylic acids is 1. The van der Waals surface area contributed by atoms with Crippen LogP contribution in [0.4, 0.5) is 0 Å². The molecular formula is C39H42Cl2N2O3. The molecule has 6 rings (SSSR count). The van der Waals surface area contributed by atoms with Gasteiger partial charge in [0.05, 0.1) is 16.0 Å². The largest absolute Gasteiger partial charge is 0.490 e. The molecule has 1 saturated carbocycles. The average Bonchev–Trinajstić information content (AvgIpc) is 3.80. The van der Waals surface area contributed by atoms with Gasteiger partial charge < -0.3 is 14.4 Å². The van der Waals surface area contributed by atoms with Crippen molar-refractivity contribution in [3.63, 3.8) is 0 Å². The fourth-order valence-corrected chi connectivity index (χ4v) is 7.24. The molecule has 46 heavy (non-hydrogen) atoms. The summed E-state index contributed by atoms with van der Waals surface area (Å²) in [5, 5.41) is 0.983. The molecule has 2 unspecified atom stereocenters. The van der Waals surface area contributed by atoms with Crippen molar-refractivity contribution >= 4 is 29.1 Å². The first-order chi connectivity index (χ1) is 22.3. The van der Waals surface area contributed by atoms with E-state index < -0.39 is 0 Å². The van der Waals surface area contributed by atoms with Crippen LogP contribution in [0.2, 0.25) is 10.0 Å². The molecule has 0 aromatic heterocycles. The average molecular weight is 658 g/mol. The van der Waals surface area contributed by atoms with Crippen LogP contribution in [-0.2, 0) is 17.9 Å². The van der Waals surface area contributed by atoms with Crippen molar-refractivity contribution in [3.05, 3.63) is 128 Å². The predicted molar refractivity (Wildman–Crippen MR) is 186 cm³/mol. The number of benzene rings is 4. The van der Waals surface area contributed by atoms with Crippen molar-refractivity contribution < 1.29 is 14.3 Å². The molecule has 0 bridgehead atoms. The summed E-state index contributed by atoms with van der Waals surface area (Å²) >= 11 is 12.6. The van der Waals surface area contributed by atoms with E-state index >= 15 is 0 Å². The fourth-order valence-electron chi connectivity index (χ4n) is 6.54. The van der Waals surface area contributed by atoms with Crippen LogP contribution >= 0.6 is 23.2 Å². The number of hydrogen-bond donors (Lipinski definition) is 0. The van der Waals surface area contributed by atoms with Gasteiger partial charge in [0.2, 0.25) is 5.91 Å². The Bertz CT molecular complexity index is 1630. The maximum atomic E-state index is 14.5. The van der Waals surface area contributed by atoms with Gasteiger partial charge in [-0.05, 0) is 91.3 Å². The standard InChI is InChI=1S/C39H42Cl2N2O3/c1-26-20-36(40)38(37(41)21-26)46-19-18-45-33-16-12-30(13-17-33)34-24-42(22-29-9-5-4-6-10-29)25-35(34)39(44)43(32-14-15-32)23-31-11-7-8-27(2)28(31)3/h4-13,16-17,20-21,32,34-35H,14-15,18-19,22-25H2,1-3H3. The lowest BCUT2D eigenvalue weighted by Gasteiger charge is -2.29. The number of carbonyl (C=O) groups is 1. The number of ether oxygens (including phenoxy) is 2. The molecule has 1 aliphatic carbocycles. The van der Waals surface area contributed by atoms with Gasteiger partial charge in [-0.1, -0.05) is 83.9 Å². The molecule has 2 fully saturated rings. The minimum Gasteiger partial charge on any atom is -0.490 e. The zero-order valence-corrected chi connectivity index (χ0v) is 28.4. The van der Waals surface area contributed by atoms with Gasteiger partial charge >= 0.3 is 0 Å². The molecule has 0 N–H and O–H groups in total. The number of amides is 1. The third kappa shape index (κ3) is 7.71. The van der Waals surface area contributed by atoms with Gasteiger partial charge in [0.25, 0.3) is 0 Å². The van der Waals surface area contributed by atoms with Crippen LogP contribution in [0.1, 0.15) is 52.1 Å². The number of halogens is 2. The summed E-state index contributed by atoms with van der Waals surface area (Å²) in [6.07, 6.45) is 2.17.